The van der Waals surface area contributed by atoms with Gasteiger partial charge in [-0.25, -0.2) is 0 Å². The van der Waals surface area contributed by atoms with Gasteiger partial charge in [-0.05, 0) is 31.4 Å². The highest BCUT2D eigenvalue weighted by Crippen LogP contribution is 2.29. The molecule has 3 atom stereocenters. The van der Waals surface area contributed by atoms with Crippen LogP contribution in [0, 0.1) is 5.92 Å². The highest BCUT2D eigenvalue weighted by atomic mass is 16.1. The lowest BCUT2D eigenvalue weighted by Gasteiger charge is -2.13. The van der Waals surface area contributed by atoms with Crippen molar-refractivity contribution in [3.8, 4) is 0 Å². The number of carbonyl (C=O) groups excluding carboxylic acids is 1. The molecule has 3 nitrogen and oxygen atoms in total. The Balaban J connectivity index is 1.73. The molecule has 3 heteroatoms. The number of carbonyl (C=O) groups is 1. The topological polar surface area (TPSA) is 41.1 Å². The zero-order chi connectivity index (χ0) is 12.3. The van der Waals surface area contributed by atoms with E-state index in [1.54, 1.807) is 0 Å². The molecule has 1 fully saturated rings. The largest absolute Gasteiger partial charge is 0.326 e. The summed E-state index contributed by atoms with van der Waals surface area (Å²) in [4.78, 5) is 11.8. The molecular formula is C14H20N2O. The van der Waals surface area contributed by atoms with E-state index < -0.39 is 0 Å². The number of hydrogen-bond acceptors (Lipinski definition) is 2. The van der Waals surface area contributed by atoms with Gasteiger partial charge < -0.3 is 10.6 Å². The summed E-state index contributed by atoms with van der Waals surface area (Å²) >= 11 is 0. The predicted molar refractivity (Wildman–Crippen MR) is 69.9 cm³/mol. The van der Waals surface area contributed by atoms with Crippen LogP contribution in [0.5, 0.6) is 0 Å². The molecule has 0 bridgehead atoms. The Morgan fingerprint density at radius 3 is 2.65 bits per heavy atom. The highest BCUT2D eigenvalue weighted by molar-refractivity contribution is 5.90. The van der Waals surface area contributed by atoms with Gasteiger partial charge in [-0.2, -0.15) is 0 Å². The monoisotopic (exact) mass is 232 g/mol. The molecule has 0 spiro atoms. The van der Waals surface area contributed by atoms with Crippen LogP contribution in [0.4, 0.5) is 5.69 Å². The Morgan fingerprint density at radius 1 is 1.41 bits per heavy atom. The molecule has 1 aromatic carbocycles. The first kappa shape index (κ1) is 12.1. The molecule has 0 heterocycles. The molecule has 92 valence electrons. The Kier molecular flexibility index (Phi) is 3.79. The van der Waals surface area contributed by atoms with Crippen LogP contribution in [0.1, 0.15) is 26.7 Å². The third-order valence-electron chi connectivity index (χ3n) is 3.16. The maximum atomic E-state index is 11.8. The zero-order valence-electron chi connectivity index (χ0n) is 10.4. The van der Waals surface area contributed by atoms with Gasteiger partial charge in [0.05, 0.1) is 0 Å². The minimum absolute atomic E-state index is 0.0736. The first-order valence-electron chi connectivity index (χ1n) is 6.26. The van der Waals surface area contributed by atoms with E-state index in [0.717, 1.165) is 11.6 Å². The van der Waals surface area contributed by atoms with E-state index in [1.165, 1.54) is 6.42 Å². The van der Waals surface area contributed by atoms with Crippen LogP contribution in [-0.4, -0.2) is 18.0 Å². The fourth-order valence-electron chi connectivity index (χ4n) is 1.99. The number of nitrogens with one attached hydrogen (secondary N) is 2. The molecule has 3 unspecified atom stereocenters. The minimum Gasteiger partial charge on any atom is -0.326 e. The average molecular weight is 232 g/mol. The number of para-hydroxylation sites is 1. The van der Waals surface area contributed by atoms with Gasteiger partial charge in [0.2, 0.25) is 5.91 Å². The van der Waals surface area contributed by atoms with E-state index in [0.29, 0.717) is 12.5 Å². The quantitative estimate of drug-likeness (QED) is 0.818. The van der Waals surface area contributed by atoms with E-state index in [-0.39, 0.29) is 11.9 Å². The molecule has 0 aromatic heterocycles. The Labute approximate surface area is 103 Å². The predicted octanol–water partition coefficient (Wildman–Crippen LogP) is 2.40. The van der Waals surface area contributed by atoms with Crippen molar-refractivity contribution in [3.63, 3.8) is 0 Å². The van der Waals surface area contributed by atoms with Crippen LogP contribution in [0.15, 0.2) is 30.3 Å². The summed E-state index contributed by atoms with van der Waals surface area (Å²) in [6.45, 7) is 4.30. The maximum Gasteiger partial charge on any atom is 0.225 e. The molecule has 2 rings (SSSR count). The fourth-order valence-corrected chi connectivity index (χ4v) is 1.99. The van der Waals surface area contributed by atoms with Gasteiger partial charge in [-0.15, -0.1) is 0 Å². The smallest absolute Gasteiger partial charge is 0.225 e. The summed E-state index contributed by atoms with van der Waals surface area (Å²) in [5.41, 5.74) is 0.865. The van der Waals surface area contributed by atoms with Crippen molar-refractivity contribution >= 4 is 11.6 Å². The molecule has 0 saturated heterocycles. The summed E-state index contributed by atoms with van der Waals surface area (Å²) < 4.78 is 0. The standard InChI is InChI=1S/C14H20N2O/c1-10-8-13(10)15-11(2)9-14(17)16-12-6-4-3-5-7-12/h3-7,10-11,13,15H,8-9H2,1-2H3,(H,16,17). The SMILES string of the molecule is CC(CC(=O)Nc1ccccc1)NC1CC1C. The van der Waals surface area contributed by atoms with Crippen molar-refractivity contribution in [2.75, 3.05) is 5.32 Å². The van der Waals surface area contributed by atoms with E-state index in [2.05, 4.69) is 24.5 Å². The van der Waals surface area contributed by atoms with Gasteiger partial charge >= 0.3 is 0 Å². The zero-order valence-corrected chi connectivity index (χ0v) is 10.4. The van der Waals surface area contributed by atoms with E-state index in [1.807, 2.05) is 30.3 Å². The Morgan fingerprint density at radius 2 is 2.06 bits per heavy atom. The summed E-state index contributed by atoms with van der Waals surface area (Å²) in [5, 5.41) is 6.36. The normalized spacial score (nSPS) is 24.1. The van der Waals surface area contributed by atoms with Gasteiger partial charge in [-0.3, -0.25) is 4.79 Å². The second kappa shape index (κ2) is 5.32. The summed E-state index contributed by atoms with van der Waals surface area (Å²) in [7, 11) is 0. The van der Waals surface area contributed by atoms with Crippen molar-refractivity contribution < 1.29 is 4.79 Å². The van der Waals surface area contributed by atoms with Gasteiger partial charge in [0, 0.05) is 24.2 Å². The molecule has 0 radical (unpaired) electrons. The molecule has 17 heavy (non-hydrogen) atoms. The molecule has 2 N–H and O–H groups in total. The van der Waals surface area contributed by atoms with E-state index >= 15 is 0 Å². The van der Waals surface area contributed by atoms with Crippen LogP contribution in [0.2, 0.25) is 0 Å². The van der Waals surface area contributed by atoms with Crippen LogP contribution in [-0.2, 0) is 4.79 Å². The summed E-state index contributed by atoms with van der Waals surface area (Å²) in [6, 6.07) is 10.4. The Bertz CT molecular complexity index is 377. The molecular weight excluding hydrogens is 212 g/mol. The van der Waals surface area contributed by atoms with Crippen molar-refractivity contribution in [1.82, 2.24) is 5.32 Å². The van der Waals surface area contributed by atoms with E-state index in [9.17, 15) is 4.79 Å². The van der Waals surface area contributed by atoms with Crippen molar-refractivity contribution in [2.45, 2.75) is 38.8 Å². The number of benzene rings is 1. The molecule has 0 aliphatic heterocycles. The molecule has 1 aliphatic carbocycles. The van der Waals surface area contributed by atoms with Crippen molar-refractivity contribution in [2.24, 2.45) is 5.92 Å². The number of anilines is 1. The number of rotatable bonds is 5. The molecule has 1 aromatic rings. The van der Waals surface area contributed by atoms with Crippen LogP contribution in [0.3, 0.4) is 0 Å². The average Bonchev–Trinajstić information content (AvgIpc) is 2.94. The van der Waals surface area contributed by atoms with Gasteiger partial charge in [0.15, 0.2) is 0 Å². The lowest BCUT2D eigenvalue weighted by molar-refractivity contribution is -0.116. The van der Waals surface area contributed by atoms with E-state index in [4.69, 9.17) is 0 Å². The summed E-state index contributed by atoms with van der Waals surface area (Å²) in [6.07, 6.45) is 1.77. The highest BCUT2D eigenvalue weighted by Gasteiger charge is 2.33. The van der Waals surface area contributed by atoms with Gasteiger partial charge in [0.1, 0.15) is 0 Å². The van der Waals surface area contributed by atoms with Crippen LogP contribution < -0.4 is 10.6 Å². The number of hydrogen-bond donors (Lipinski definition) is 2. The third-order valence-corrected chi connectivity index (χ3v) is 3.16. The molecule has 1 aliphatic rings. The van der Waals surface area contributed by atoms with Gasteiger partial charge in [-0.1, -0.05) is 25.1 Å². The van der Waals surface area contributed by atoms with Gasteiger partial charge in [0.25, 0.3) is 0 Å². The molecule has 1 saturated carbocycles. The second-order valence-electron chi connectivity index (χ2n) is 5.01. The molecule has 1 amide bonds. The van der Waals surface area contributed by atoms with Crippen LogP contribution >= 0.6 is 0 Å². The Hall–Kier alpha value is -1.35. The first-order valence-corrected chi connectivity index (χ1v) is 6.26. The van der Waals surface area contributed by atoms with Crippen LogP contribution in [0.25, 0.3) is 0 Å². The minimum atomic E-state index is 0.0736. The maximum absolute atomic E-state index is 11.8. The second-order valence-corrected chi connectivity index (χ2v) is 5.01. The summed E-state index contributed by atoms with van der Waals surface area (Å²) in [5.74, 6) is 0.846. The third kappa shape index (κ3) is 3.86. The number of amides is 1. The van der Waals surface area contributed by atoms with Crippen molar-refractivity contribution in [1.29, 1.82) is 0 Å². The lowest BCUT2D eigenvalue weighted by Crippen LogP contribution is -2.32. The fraction of sp³-hybridized carbons (Fsp3) is 0.500. The lowest BCUT2D eigenvalue weighted by atomic mass is 10.2. The first-order chi connectivity index (χ1) is 8.15. The van der Waals surface area contributed by atoms with Crippen molar-refractivity contribution in [3.05, 3.63) is 30.3 Å².